The van der Waals surface area contributed by atoms with Crippen LogP contribution in [0.2, 0.25) is 5.02 Å². The molecule has 52 heavy (non-hydrogen) atoms. The summed E-state index contributed by atoms with van der Waals surface area (Å²) in [6.07, 6.45) is 6.41. The van der Waals surface area contributed by atoms with Gasteiger partial charge in [0.05, 0.1) is 17.3 Å². The van der Waals surface area contributed by atoms with Gasteiger partial charge >= 0.3 is 6.03 Å². The number of amides is 2. The minimum absolute atomic E-state index is 0.223. The number of carbonyl (C=O) groups excluding carboxylic acids is 1. The summed E-state index contributed by atoms with van der Waals surface area (Å²) < 4.78 is 14.0. The molecule has 2 heterocycles. The third-order valence-corrected chi connectivity index (χ3v) is 9.66. The number of benzene rings is 2. The lowest BCUT2D eigenvalue weighted by Gasteiger charge is -2.32. The van der Waals surface area contributed by atoms with Crippen LogP contribution >= 0.6 is 11.6 Å². The van der Waals surface area contributed by atoms with Crippen molar-refractivity contribution in [2.45, 2.75) is 71.6 Å². The lowest BCUT2D eigenvalue weighted by molar-refractivity contribution is 0.170. The summed E-state index contributed by atoms with van der Waals surface area (Å²) in [5.74, 6) is 1.71. The average molecular weight is 730 g/mol. The van der Waals surface area contributed by atoms with Crippen molar-refractivity contribution >= 4 is 35.0 Å². The topological polar surface area (TPSA) is 155 Å². The minimum Gasteiger partial charge on any atom is -0.491 e. The molecule has 1 fully saturated rings. The highest BCUT2D eigenvalue weighted by Gasteiger charge is 2.30. The largest absolute Gasteiger partial charge is 0.491 e. The molecule has 1 aliphatic heterocycles. The molecule has 5 rings (SSSR count). The van der Waals surface area contributed by atoms with Crippen LogP contribution in [0.3, 0.4) is 0 Å². The van der Waals surface area contributed by atoms with Crippen LogP contribution in [0.25, 0.3) is 0 Å². The van der Waals surface area contributed by atoms with Crippen molar-refractivity contribution in [3.8, 4) is 11.5 Å². The van der Waals surface area contributed by atoms with Gasteiger partial charge < -0.3 is 35.3 Å². The highest BCUT2D eigenvalue weighted by Crippen LogP contribution is 2.38. The minimum atomic E-state index is -0.448. The van der Waals surface area contributed by atoms with E-state index < -0.39 is 11.4 Å². The third-order valence-electron chi connectivity index (χ3n) is 9.35. The maximum atomic E-state index is 13.6. The molecule has 1 saturated heterocycles. The molecule has 3 aromatic rings. The van der Waals surface area contributed by atoms with Crippen molar-refractivity contribution in [3.05, 3.63) is 94.3 Å². The number of ether oxygens (including phenoxy) is 2. The summed E-state index contributed by atoms with van der Waals surface area (Å²) in [5.41, 5.74) is 2.67. The number of likely N-dealkylation sites (tertiary alicyclic amines) is 1. The first-order chi connectivity index (χ1) is 24.7. The van der Waals surface area contributed by atoms with Gasteiger partial charge in [0, 0.05) is 48.1 Å². The molecule has 2 amide bonds. The first kappa shape index (κ1) is 38.4. The number of nitrogens with zero attached hydrogens (tertiary/aromatic N) is 3. The van der Waals surface area contributed by atoms with Crippen molar-refractivity contribution in [2.24, 2.45) is 5.41 Å². The molecule has 0 bridgehead atoms. The number of nitrogens with one attached hydrogen (secondary N) is 6. The van der Waals surface area contributed by atoms with Gasteiger partial charge in [-0.1, -0.05) is 56.6 Å². The molecule has 2 aliphatic rings. The Bertz CT molecular complexity index is 1870. The van der Waals surface area contributed by atoms with Gasteiger partial charge in [-0.05, 0) is 82.1 Å². The number of likely N-dealkylation sites (N-methyl/N-ethyl adjacent to an activating group) is 1. The van der Waals surface area contributed by atoms with E-state index in [0.29, 0.717) is 53.2 Å². The zero-order chi connectivity index (χ0) is 37.6. The average Bonchev–Trinajstić information content (AvgIpc) is 3.52. The van der Waals surface area contributed by atoms with Gasteiger partial charge in [0.15, 0.2) is 0 Å². The zero-order valence-electron chi connectivity index (χ0n) is 31.0. The molecular formula is C39H52ClN9O3. The predicted molar refractivity (Wildman–Crippen MR) is 207 cm³/mol. The normalized spacial score (nSPS) is 18.8. The summed E-state index contributed by atoms with van der Waals surface area (Å²) in [6.45, 7) is 9.93. The van der Waals surface area contributed by atoms with Crippen molar-refractivity contribution in [2.75, 3.05) is 39.1 Å². The number of aromatic nitrogens is 1. The predicted octanol–water partition coefficient (Wildman–Crippen LogP) is 7.10. The monoisotopic (exact) mass is 729 g/mol. The highest BCUT2D eigenvalue weighted by molar-refractivity contribution is 6.32. The molecule has 13 heteroatoms. The molecule has 1 aliphatic carbocycles. The van der Waals surface area contributed by atoms with Crippen LogP contribution in [0.1, 0.15) is 76.7 Å². The number of pyridine rings is 1. The molecule has 1 aromatic heterocycles. The van der Waals surface area contributed by atoms with E-state index in [1.165, 1.54) is 0 Å². The van der Waals surface area contributed by atoms with E-state index in [9.17, 15) is 4.79 Å². The van der Waals surface area contributed by atoms with Crippen molar-refractivity contribution in [1.82, 2.24) is 25.0 Å². The smallest absolute Gasteiger partial charge is 0.320 e. The molecule has 0 radical (unpaired) electrons. The Morgan fingerprint density at radius 2 is 1.81 bits per heavy atom. The van der Waals surface area contributed by atoms with E-state index in [2.05, 4.69) is 22.9 Å². The second-order valence-corrected chi connectivity index (χ2v) is 15.1. The summed E-state index contributed by atoms with van der Waals surface area (Å²) in [6, 6.07) is 16.2. The van der Waals surface area contributed by atoms with Gasteiger partial charge in [0.1, 0.15) is 35.5 Å². The zero-order valence-corrected chi connectivity index (χ0v) is 31.7. The lowest BCUT2D eigenvalue weighted by atomic mass is 9.85. The van der Waals surface area contributed by atoms with Crippen molar-refractivity contribution < 1.29 is 14.3 Å². The van der Waals surface area contributed by atoms with E-state index in [-0.39, 0.29) is 29.6 Å². The Morgan fingerprint density at radius 1 is 1.06 bits per heavy atom. The van der Waals surface area contributed by atoms with E-state index in [0.717, 1.165) is 37.1 Å². The molecule has 12 nitrogen and oxygen atoms in total. The molecule has 0 saturated carbocycles. The second kappa shape index (κ2) is 16.7. The van der Waals surface area contributed by atoms with Crippen LogP contribution in [-0.4, -0.2) is 71.9 Å². The van der Waals surface area contributed by atoms with E-state index in [4.69, 9.17) is 37.3 Å². The summed E-state index contributed by atoms with van der Waals surface area (Å²) in [7, 11) is 3.94. The van der Waals surface area contributed by atoms with Crippen LogP contribution in [0.5, 0.6) is 11.5 Å². The summed E-state index contributed by atoms with van der Waals surface area (Å²) in [5, 5.41) is 35.7. The van der Waals surface area contributed by atoms with Crippen LogP contribution in [0.15, 0.2) is 72.7 Å². The molecule has 2 aromatic carbocycles. The number of halogens is 1. The number of rotatable bonds is 11. The van der Waals surface area contributed by atoms with Gasteiger partial charge in [-0.2, -0.15) is 0 Å². The number of carbonyl (C=O) groups is 1. The fraction of sp³-hybridized carbons (Fsp3) is 0.436. The quantitative estimate of drug-likeness (QED) is 0.0914. The lowest BCUT2D eigenvalue weighted by Crippen LogP contribution is -2.42. The Morgan fingerprint density at radius 3 is 2.50 bits per heavy atom. The Hall–Kier alpha value is -4.81. The number of urea groups is 1. The maximum Gasteiger partial charge on any atom is 0.320 e. The summed E-state index contributed by atoms with van der Waals surface area (Å²) >= 11 is 6.41. The maximum absolute atomic E-state index is 13.6. The fourth-order valence-electron chi connectivity index (χ4n) is 6.27. The molecular weight excluding hydrogens is 678 g/mol. The van der Waals surface area contributed by atoms with Crippen LogP contribution in [-0.2, 0) is 0 Å². The van der Waals surface area contributed by atoms with Gasteiger partial charge in [-0.3, -0.25) is 20.7 Å². The van der Waals surface area contributed by atoms with Crippen LogP contribution in [0, 0.1) is 21.6 Å². The first-order valence-corrected chi connectivity index (χ1v) is 18.2. The number of allylic oxidation sites excluding steroid dienone is 1. The third kappa shape index (κ3) is 9.74. The molecule has 6 N–H and O–H groups in total. The Labute approximate surface area is 311 Å². The molecule has 278 valence electrons. The van der Waals surface area contributed by atoms with E-state index in [1.54, 1.807) is 47.2 Å². The van der Waals surface area contributed by atoms with E-state index in [1.807, 2.05) is 68.9 Å². The SMILES string of the molecule is CC1CCCN1C(=N)n1cc(OC2CC[C@H](NC(=O)N/C(=C/C(=N)C(C)(C)C)Nc3ccc(Cl)c(OCCN(C)C)c3)c3ccccc32)ccc1=N. The Kier molecular flexibility index (Phi) is 12.3. The highest BCUT2D eigenvalue weighted by atomic mass is 35.5. The fourth-order valence-corrected chi connectivity index (χ4v) is 6.44. The van der Waals surface area contributed by atoms with Crippen molar-refractivity contribution in [1.29, 1.82) is 16.2 Å². The summed E-state index contributed by atoms with van der Waals surface area (Å²) in [4.78, 5) is 17.7. The van der Waals surface area contributed by atoms with Gasteiger partial charge in [0.25, 0.3) is 0 Å². The van der Waals surface area contributed by atoms with E-state index >= 15 is 0 Å². The molecule has 2 unspecified atom stereocenters. The standard InChI is InChI=1S/C39H52ClN9O3/c1-25-10-9-19-48(25)37(43)49-24-27(14-18-35(49)42)52-32-17-16-31(28-11-7-8-12-29(28)32)45-38(50)46-36(23-34(41)39(2,3)4)44-26-13-15-30(40)33(22-26)51-21-20-47(5)6/h7-8,11-15,18,22-25,31-32,41-44H,9-10,16-17,19-21H2,1-6H3,(H2,45,46,50)/b36-23+,41-34?,42-35?,43-37?/t25?,31-,32?/m0/s1. The number of hydrogen-bond acceptors (Lipinski definition) is 8. The van der Waals surface area contributed by atoms with Crippen LogP contribution < -0.4 is 30.9 Å². The number of fused-ring (bicyclic) bond motifs is 1. The van der Waals surface area contributed by atoms with Gasteiger partial charge in [-0.25, -0.2) is 4.79 Å². The first-order valence-electron chi connectivity index (χ1n) is 17.8. The molecule has 0 spiro atoms. The number of anilines is 1. The van der Waals surface area contributed by atoms with Gasteiger partial charge in [-0.15, -0.1) is 0 Å². The second-order valence-electron chi connectivity index (χ2n) is 14.7. The van der Waals surface area contributed by atoms with Gasteiger partial charge in [0.2, 0.25) is 5.96 Å². The Balaban J connectivity index is 1.30. The van der Waals surface area contributed by atoms with Crippen molar-refractivity contribution in [3.63, 3.8) is 0 Å². The number of hydrogen-bond donors (Lipinski definition) is 6. The molecule has 3 atom stereocenters. The van der Waals surface area contributed by atoms with Crippen LogP contribution in [0.4, 0.5) is 10.5 Å².